The Labute approximate surface area is 144 Å². The third kappa shape index (κ3) is 2.78. The minimum atomic E-state index is -0.422. The van der Waals surface area contributed by atoms with Crippen LogP contribution in [0.1, 0.15) is 40.7 Å². The maximum absolute atomic E-state index is 13.1. The standard InChI is InChI=1S/C17H19N5O3/c1-10-4-5-21-9-13(19-14(21)8-10)17(23)22-6-7-24-11(2)15(22)16-18-12(3)20-25-16/h4-5,8-9,11,15H,6-7H2,1-3H3/t11-,15+/m1/s1. The number of hydrogen-bond acceptors (Lipinski definition) is 6. The fraction of sp³-hybridized carbons (Fsp3) is 0.412. The monoisotopic (exact) mass is 341 g/mol. The van der Waals surface area contributed by atoms with Gasteiger partial charge < -0.3 is 18.6 Å². The Morgan fingerprint density at radius 2 is 2.16 bits per heavy atom. The molecule has 1 saturated heterocycles. The van der Waals surface area contributed by atoms with Crippen LogP contribution in [0.5, 0.6) is 0 Å². The zero-order chi connectivity index (χ0) is 17.6. The molecule has 0 saturated carbocycles. The molecule has 1 amide bonds. The van der Waals surface area contributed by atoms with Crippen LogP contribution in [0.25, 0.3) is 5.65 Å². The predicted octanol–water partition coefficient (Wildman–Crippen LogP) is 1.94. The Morgan fingerprint density at radius 1 is 1.32 bits per heavy atom. The van der Waals surface area contributed by atoms with E-state index in [1.807, 2.05) is 36.6 Å². The predicted molar refractivity (Wildman–Crippen MR) is 88.2 cm³/mol. The highest BCUT2D eigenvalue weighted by Gasteiger charge is 2.38. The first-order chi connectivity index (χ1) is 12.0. The summed E-state index contributed by atoms with van der Waals surface area (Å²) in [6.45, 7) is 6.55. The summed E-state index contributed by atoms with van der Waals surface area (Å²) in [5, 5.41) is 3.84. The first-order valence-corrected chi connectivity index (χ1v) is 8.21. The number of morpholine rings is 1. The van der Waals surface area contributed by atoms with E-state index in [0.717, 1.165) is 11.2 Å². The zero-order valence-corrected chi connectivity index (χ0v) is 14.3. The van der Waals surface area contributed by atoms with Gasteiger partial charge in [0.15, 0.2) is 5.82 Å². The van der Waals surface area contributed by atoms with Gasteiger partial charge in [0.05, 0.1) is 12.7 Å². The van der Waals surface area contributed by atoms with E-state index in [1.54, 1.807) is 18.0 Å². The number of aryl methyl sites for hydroxylation is 2. The normalized spacial score (nSPS) is 21.0. The first-order valence-electron chi connectivity index (χ1n) is 8.21. The molecular formula is C17H19N5O3. The summed E-state index contributed by atoms with van der Waals surface area (Å²) < 4.78 is 12.8. The molecule has 0 radical (unpaired) electrons. The second-order valence-corrected chi connectivity index (χ2v) is 6.29. The molecule has 8 heteroatoms. The molecule has 1 fully saturated rings. The number of carbonyl (C=O) groups is 1. The topological polar surface area (TPSA) is 85.8 Å². The lowest BCUT2D eigenvalue weighted by Crippen LogP contribution is -2.47. The van der Waals surface area contributed by atoms with Crippen molar-refractivity contribution in [3.8, 4) is 0 Å². The quantitative estimate of drug-likeness (QED) is 0.708. The lowest BCUT2D eigenvalue weighted by atomic mass is 10.1. The maximum Gasteiger partial charge on any atom is 0.274 e. The third-order valence-electron chi connectivity index (χ3n) is 4.39. The van der Waals surface area contributed by atoms with Gasteiger partial charge in [-0.2, -0.15) is 4.98 Å². The van der Waals surface area contributed by atoms with E-state index in [4.69, 9.17) is 9.26 Å². The van der Waals surface area contributed by atoms with Crippen molar-refractivity contribution in [1.29, 1.82) is 0 Å². The molecule has 25 heavy (non-hydrogen) atoms. The fourth-order valence-corrected chi connectivity index (χ4v) is 3.15. The SMILES string of the molecule is Cc1ccn2cc(C(=O)N3CCO[C@H](C)[C@H]3c3nc(C)no3)nc2c1. The molecule has 4 heterocycles. The number of pyridine rings is 1. The molecule has 130 valence electrons. The number of aromatic nitrogens is 4. The average molecular weight is 341 g/mol. The first kappa shape index (κ1) is 15.8. The van der Waals surface area contributed by atoms with Gasteiger partial charge in [-0.25, -0.2) is 4.98 Å². The van der Waals surface area contributed by atoms with Gasteiger partial charge in [-0.15, -0.1) is 0 Å². The molecule has 0 bridgehead atoms. The lowest BCUT2D eigenvalue weighted by molar-refractivity contribution is -0.0602. The summed E-state index contributed by atoms with van der Waals surface area (Å²) in [6.07, 6.45) is 3.40. The number of carbonyl (C=O) groups excluding carboxylic acids is 1. The third-order valence-corrected chi connectivity index (χ3v) is 4.39. The van der Waals surface area contributed by atoms with Gasteiger partial charge in [-0.1, -0.05) is 5.16 Å². The number of rotatable bonds is 2. The lowest BCUT2D eigenvalue weighted by Gasteiger charge is -2.37. The molecular weight excluding hydrogens is 322 g/mol. The van der Waals surface area contributed by atoms with Crippen molar-refractivity contribution >= 4 is 11.6 Å². The summed E-state index contributed by atoms with van der Waals surface area (Å²) in [5.41, 5.74) is 2.23. The van der Waals surface area contributed by atoms with Crippen molar-refractivity contribution in [2.75, 3.05) is 13.2 Å². The van der Waals surface area contributed by atoms with Crippen LogP contribution < -0.4 is 0 Å². The van der Waals surface area contributed by atoms with E-state index in [-0.39, 0.29) is 12.0 Å². The van der Waals surface area contributed by atoms with Crippen LogP contribution in [0, 0.1) is 13.8 Å². The molecule has 0 N–H and O–H groups in total. The van der Waals surface area contributed by atoms with Gasteiger partial charge in [0, 0.05) is 18.9 Å². The average Bonchev–Trinajstić information content (AvgIpc) is 3.19. The van der Waals surface area contributed by atoms with Gasteiger partial charge in [0.1, 0.15) is 17.4 Å². The summed E-state index contributed by atoms with van der Waals surface area (Å²) in [4.78, 5) is 23.6. The Hall–Kier alpha value is -2.74. The fourth-order valence-electron chi connectivity index (χ4n) is 3.15. The summed E-state index contributed by atoms with van der Waals surface area (Å²) in [6, 6.07) is 3.50. The van der Waals surface area contributed by atoms with Gasteiger partial charge in [0.2, 0.25) is 0 Å². The minimum absolute atomic E-state index is 0.169. The molecule has 1 aliphatic heterocycles. The van der Waals surface area contributed by atoms with Crippen LogP contribution in [0.3, 0.4) is 0 Å². The smallest absolute Gasteiger partial charge is 0.274 e. The van der Waals surface area contributed by atoms with E-state index >= 15 is 0 Å². The number of ether oxygens (including phenoxy) is 1. The molecule has 3 aromatic rings. The van der Waals surface area contributed by atoms with Crippen molar-refractivity contribution in [2.24, 2.45) is 0 Å². The molecule has 2 atom stereocenters. The van der Waals surface area contributed by atoms with Crippen molar-refractivity contribution in [3.05, 3.63) is 47.5 Å². The summed E-state index contributed by atoms with van der Waals surface area (Å²) in [5.74, 6) is 0.749. The molecule has 3 aromatic heterocycles. The molecule has 0 spiro atoms. The van der Waals surface area contributed by atoms with Gasteiger partial charge in [-0.3, -0.25) is 4.79 Å². The van der Waals surface area contributed by atoms with Gasteiger partial charge in [0.25, 0.3) is 11.8 Å². The Morgan fingerprint density at radius 3 is 2.92 bits per heavy atom. The van der Waals surface area contributed by atoms with Gasteiger partial charge in [-0.05, 0) is 38.5 Å². The van der Waals surface area contributed by atoms with Crippen molar-refractivity contribution in [3.63, 3.8) is 0 Å². The number of fused-ring (bicyclic) bond motifs is 1. The van der Waals surface area contributed by atoms with E-state index in [1.165, 1.54) is 0 Å². The number of amides is 1. The highest BCUT2D eigenvalue weighted by molar-refractivity contribution is 5.93. The van der Waals surface area contributed by atoms with Crippen LogP contribution in [0.15, 0.2) is 29.0 Å². The van der Waals surface area contributed by atoms with Crippen LogP contribution >= 0.6 is 0 Å². The molecule has 0 unspecified atom stereocenters. The van der Waals surface area contributed by atoms with Crippen molar-refractivity contribution in [1.82, 2.24) is 24.4 Å². The van der Waals surface area contributed by atoms with Gasteiger partial charge >= 0.3 is 0 Å². The van der Waals surface area contributed by atoms with E-state index in [9.17, 15) is 4.79 Å². The molecule has 8 nitrogen and oxygen atoms in total. The Kier molecular flexibility index (Phi) is 3.76. The minimum Gasteiger partial charge on any atom is -0.374 e. The van der Waals surface area contributed by atoms with E-state index in [0.29, 0.717) is 30.6 Å². The van der Waals surface area contributed by atoms with Crippen molar-refractivity contribution in [2.45, 2.75) is 32.9 Å². The largest absolute Gasteiger partial charge is 0.374 e. The number of hydrogen-bond donors (Lipinski definition) is 0. The highest BCUT2D eigenvalue weighted by atomic mass is 16.5. The highest BCUT2D eigenvalue weighted by Crippen LogP contribution is 2.29. The van der Waals surface area contributed by atoms with Crippen LogP contribution in [0.4, 0.5) is 0 Å². The molecule has 0 aromatic carbocycles. The molecule has 0 aliphatic carbocycles. The maximum atomic E-state index is 13.1. The van der Waals surface area contributed by atoms with Crippen LogP contribution in [-0.4, -0.2) is 49.6 Å². The summed E-state index contributed by atoms with van der Waals surface area (Å²) >= 11 is 0. The Balaban J connectivity index is 1.70. The molecule has 4 rings (SSSR count). The zero-order valence-electron chi connectivity index (χ0n) is 14.3. The second kappa shape index (κ2) is 5.96. The second-order valence-electron chi connectivity index (χ2n) is 6.29. The van der Waals surface area contributed by atoms with Crippen LogP contribution in [0.2, 0.25) is 0 Å². The van der Waals surface area contributed by atoms with Crippen molar-refractivity contribution < 1.29 is 14.1 Å². The van der Waals surface area contributed by atoms with E-state index < -0.39 is 6.04 Å². The number of nitrogens with zero attached hydrogens (tertiary/aromatic N) is 5. The molecule has 1 aliphatic rings. The summed E-state index contributed by atoms with van der Waals surface area (Å²) in [7, 11) is 0. The number of imidazole rings is 1. The van der Waals surface area contributed by atoms with Crippen LogP contribution in [-0.2, 0) is 4.74 Å². The Bertz CT molecular complexity index is 931. The van der Waals surface area contributed by atoms with E-state index in [2.05, 4.69) is 15.1 Å².